The van der Waals surface area contributed by atoms with Crippen molar-refractivity contribution >= 4 is 11.8 Å². The number of likely N-dealkylation sites (tertiary alicyclic amines) is 1. The molecule has 0 aromatic heterocycles. The highest BCUT2D eigenvalue weighted by molar-refractivity contribution is 6.05. The summed E-state index contributed by atoms with van der Waals surface area (Å²) in [4.78, 5) is 26.3. The van der Waals surface area contributed by atoms with Crippen molar-refractivity contribution in [2.75, 3.05) is 33.4 Å². The maximum atomic E-state index is 11.8. The third-order valence-corrected chi connectivity index (χ3v) is 3.24. The number of carbonyl (C=O) groups excluding carboxylic acids is 2. The van der Waals surface area contributed by atoms with E-state index in [0.717, 1.165) is 4.90 Å². The Bertz CT molecular complexity index is 307. The van der Waals surface area contributed by atoms with Gasteiger partial charge in [-0.3, -0.25) is 19.4 Å². The van der Waals surface area contributed by atoms with Crippen molar-refractivity contribution in [1.82, 2.24) is 9.80 Å². The van der Waals surface area contributed by atoms with E-state index >= 15 is 0 Å². The second-order valence-electron chi connectivity index (χ2n) is 4.16. The second kappa shape index (κ2) is 4.48. The van der Waals surface area contributed by atoms with E-state index in [-0.39, 0.29) is 30.9 Å². The Labute approximate surface area is 93.8 Å². The molecule has 0 aromatic rings. The largest absolute Gasteiger partial charge is 0.395 e. The first-order valence-electron chi connectivity index (χ1n) is 5.40. The van der Waals surface area contributed by atoms with Gasteiger partial charge in [0.1, 0.15) is 0 Å². The van der Waals surface area contributed by atoms with E-state index in [1.54, 1.807) is 0 Å². The maximum absolute atomic E-state index is 11.8. The highest BCUT2D eigenvalue weighted by Crippen LogP contribution is 2.21. The molecule has 0 aliphatic carbocycles. The van der Waals surface area contributed by atoms with Crippen molar-refractivity contribution in [2.45, 2.75) is 18.5 Å². The molecule has 0 aromatic carbocycles. The van der Waals surface area contributed by atoms with Crippen molar-refractivity contribution in [1.29, 1.82) is 0 Å². The molecule has 2 fully saturated rings. The molecule has 2 atom stereocenters. The smallest absolute Gasteiger partial charge is 0.246 e. The van der Waals surface area contributed by atoms with Crippen molar-refractivity contribution in [2.24, 2.45) is 0 Å². The first-order valence-corrected chi connectivity index (χ1v) is 5.40. The zero-order valence-corrected chi connectivity index (χ0v) is 9.26. The number of hydrogen-bond donors (Lipinski definition) is 1. The Morgan fingerprint density at radius 1 is 1.50 bits per heavy atom. The van der Waals surface area contributed by atoms with Gasteiger partial charge in [-0.05, 0) is 0 Å². The molecule has 2 aliphatic rings. The molecule has 2 aliphatic heterocycles. The van der Waals surface area contributed by atoms with Crippen LogP contribution in [0.4, 0.5) is 0 Å². The van der Waals surface area contributed by atoms with Gasteiger partial charge in [0, 0.05) is 13.6 Å². The van der Waals surface area contributed by atoms with Gasteiger partial charge in [-0.2, -0.15) is 0 Å². The highest BCUT2D eigenvalue weighted by atomic mass is 16.5. The molecule has 16 heavy (non-hydrogen) atoms. The monoisotopic (exact) mass is 228 g/mol. The molecule has 0 radical (unpaired) electrons. The van der Waals surface area contributed by atoms with Gasteiger partial charge in [-0.15, -0.1) is 0 Å². The summed E-state index contributed by atoms with van der Waals surface area (Å²) in [6.07, 6.45) is 0.214. The summed E-state index contributed by atoms with van der Waals surface area (Å²) in [5.74, 6) is -0.330. The number of aliphatic hydroxyl groups is 1. The lowest BCUT2D eigenvalue weighted by molar-refractivity contribution is -0.139. The van der Waals surface area contributed by atoms with Crippen LogP contribution in [0.1, 0.15) is 6.42 Å². The van der Waals surface area contributed by atoms with E-state index in [2.05, 4.69) is 0 Å². The number of aliphatic hydroxyl groups excluding tert-OH is 1. The zero-order valence-electron chi connectivity index (χ0n) is 9.26. The van der Waals surface area contributed by atoms with Crippen LogP contribution in [0.25, 0.3) is 0 Å². The van der Waals surface area contributed by atoms with Gasteiger partial charge in [0.05, 0.1) is 38.3 Å². The lowest BCUT2D eigenvalue weighted by Gasteiger charge is -2.37. The predicted octanol–water partition coefficient (Wildman–Crippen LogP) is -1.56. The van der Waals surface area contributed by atoms with Crippen LogP contribution in [0.15, 0.2) is 0 Å². The first-order chi connectivity index (χ1) is 7.65. The number of nitrogens with zero attached hydrogens (tertiary/aromatic N) is 2. The predicted molar refractivity (Wildman–Crippen MR) is 54.6 cm³/mol. The molecule has 0 bridgehead atoms. The zero-order chi connectivity index (χ0) is 11.7. The van der Waals surface area contributed by atoms with E-state index in [0.29, 0.717) is 19.8 Å². The minimum absolute atomic E-state index is 0.0539. The summed E-state index contributed by atoms with van der Waals surface area (Å²) in [6.45, 7) is 1.49. The average molecular weight is 228 g/mol. The SMILES string of the molecule is CN1C(=O)CC(N2CCOCC2CO)C1=O. The third kappa shape index (κ3) is 1.83. The molecule has 2 amide bonds. The molecule has 6 heteroatoms. The number of likely N-dealkylation sites (N-methyl/N-ethyl adjacent to an activating group) is 1. The quantitative estimate of drug-likeness (QED) is 0.579. The number of carbonyl (C=O) groups is 2. The Kier molecular flexibility index (Phi) is 3.22. The van der Waals surface area contributed by atoms with Crippen LogP contribution in [0.3, 0.4) is 0 Å². The van der Waals surface area contributed by atoms with Gasteiger partial charge in [-0.1, -0.05) is 0 Å². The number of ether oxygens (including phenoxy) is 1. The van der Waals surface area contributed by atoms with Gasteiger partial charge < -0.3 is 9.84 Å². The fourth-order valence-electron chi connectivity index (χ4n) is 2.23. The van der Waals surface area contributed by atoms with E-state index in [4.69, 9.17) is 4.74 Å². The molecular weight excluding hydrogens is 212 g/mol. The lowest BCUT2D eigenvalue weighted by Crippen LogP contribution is -2.54. The van der Waals surface area contributed by atoms with Crippen molar-refractivity contribution in [3.8, 4) is 0 Å². The van der Waals surface area contributed by atoms with Crippen LogP contribution < -0.4 is 0 Å². The second-order valence-corrected chi connectivity index (χ2v) is 4.16. The average Bonchev–Trinajstić information content (AvgIpc) is 2.57. The van der Waals surface area contributed by atoms with Crippen LogP contribution in [0, 0.1) is 0 Å². The normalized spacial score (nSPS) is 32.5. The first kappa shape index (κ1) is 11.5. The Hall–Kier alpha value is -0.980. The van der Waals surface area contributed by atoms with E-state index < -0.39 is 6.04 Å². The topological polar surface area (TPSA) is 70.1 Å². The van der Waals surface area contributed by atoms with E-state index in [9.17, 15) is 14.7 Å². The van der Waals surface area contributed by atoms with Crippen LogP contribution >= 0.6 is 0 Å². The number of amides is 2. The summed E-state index contributed by atoms with van der Waals surface area (Å²) in [7, 11) is 1.50. The molecule has 2 heterocycles. The van der Waals surface area contributed by atoms with E-state index in [1.807, 2.05) is 4.90 Å². The van der Waals surface area contributed by atoms with Gasteiger partial charge in [0.25, 0.3) is 0 Å². The minimum Gasteiger partial charge on any atom is -0.395 e. The van der Waals surface area contributed by atoms with Crippen LogP contribution in [0.2, 0.25) is 0 Å². The van der Waals surface area contributed by atoms with Crippen LogP contribution in [0.5, 0.6) is 0 Å². The highest BCUT2D eigenvalue weighted by Gasteiger charge is 2.42. The van der Waals surface area contributed by atoms with Gasteiger partial charge >= 0.3 is 0 Å². The molecule has 0 saturated carbocycles. The molecule has 90 valence electrons. The fourth-order valence-corrected chi connectivity index (χ4v) is 2.23. The molecule has 2 saturated heterocycles. The summed E-state index contributed by atoms with van der Waals surface area (Å²) in [5, 5.41) is 9.21. The lowest BCUT2D eigenvalue weighted by atomic mass is 10.1. The fraction of sp³-hybridized carbons (Fsp3) is 0.800. The van der Waals surface area contributed by atoms with E-state index in [1.165, 1.54) is 7.05 Å². The van der Waals surface area contributed by atoms with Gasteiger partial charge in [-0.25, -0.2) is 0 Å². The van der Waals surface area contributed by atoms with Crippen LogP contribution in [-0.4, -0.2) is 72.2 Å². The third-order valence-electron chi connectivity index (χ3n) is 3.24. The van der Waals surface area contributed by atoms with Gasteiger partial charge in [0.2, 0.25) is 11.8 Å². The molecule has 6 nitrogen and oxygen atoms in total. The standard InChI is InChI=1S/C10H16N2O4/c1-11-9(14)4-8(10(11)15)12-2-3-16-6-7(12)5-13/h7-8,13H,2-6H2,1H3. The maximum Gasteiger partial charge on any atom is 0.246 e. The van der Waals surface area contributed by atoms with Crippen LogP contribution in [-0.2, 0) is 14.3 Å². The summed E-state index contributed by atoms with van der Waals surface area (Å²) < 4.78 is 5.24. The molecule has 1 N–H and O–H groups in total. The molecule has 2 unspecified atom stereocenters. The molecule has 0 spiro atoms. The summed E-state index contributed by atoms with van der Waals surface area (Å²) >= 11 is 0. The number of imide groups is 1. The summed E-state index contributed by atoms with van der Waals surface area (Å²) in [5.41, 5.74) is 0. The summed E-state index contributed by atoms with van der Waals surface area (Å²) in [6, 6.07) is -0.597. The molecular formula is C10H16N2O4. The van der Waals surface area contributed by atoms with Crippen molar-refractivity contribution in [3.63, 3.8) is 0 Å². The van der Waals surface area contributed by atoms with Gasteiger partial charge in [0.15, 0.2) is 0 Å². The molecule has 2 rings (SSSR count). The Morgan fingerprint density at radius 2 is 2.25 bits per heavy atom. The number of hydrogen-bond acceptors (Lipinski definition) is 5. The minimum atomic E-state index is -0.418. The van der Waals surface area contributed by atoms with Crippen molar-refractivity contribution < 1.29 is 19.4 Å². The number of morpholine rings is 1. The Morgan fingerprint density at radius 3 is 2.81 bits per heavy atom. The Balaban J connectivity index is 2.11. The van der Waals surface area contributed by atoms with Crippen molar-refractivity contribution in [3.05, 3.63) is 0 Å². The number of rotatable bonds is 2.